The lowest BCUT2D eigenvalue weighted by atomic mass is 10.0. The largest absolute Gasteiger partial charge is 0.381 e. The normalized spacial score (nSPS) is 30.4. The molecule has 0 saturated carbocycles. The number of rotatable bonds is 1. The Labute approximate surface area is 64.6 Å². The van der Waals surface area contributed by atoms with Gasteiger partial charge in [0.25, 0.3) is 0 Å². The third-order valence-corrected chi connectivity index (χ3v) is 2.07. The van der Waals surface area contributed by atoms with Crippen LogP contribution in [0.2, 0.25) is 0 Å². The van der Waals surface area contributed by atoms with E-state index in [0.29, 0.717) is 12.3 Å². The summed E-state index contributed by atoms with van der Waals surface area (Å²) < 4.78 is 5.18. The van der Waals surface area contributed by atoms with Gasteiger partial charge >= 0.3 is 0 Å². The summed E-state index contributed by atoms with van der Waals surface area (Å²) in [7, 11) is 0. The molecular formula is C7H10N2O2. The van der Waals surface area contributed by atoms with E-state index in [1.165, 1.54) is 0 Å². The molecular weight excluding hydrogens is 144 g/mol. The summed E-state index contributed by atoms with van der Waals surface area (Å²) >= 11 is 0. The minimum atomic E-state index is 0.00639. The van der Waals surface area contributed by atoms with Gasteiger partial charge in [-0.3, -0.25) is 4.79 Å². The Morgan fingerprint density at radius 1 is 1.64 bits per heavy atom. The van der Waals surface area contributed by atoms with Gasteiger partial charge in [0, 0.05) is 12.5 Å². The lowest BCUT2D eigenvalue weighted by Gasteiger charge is -2.02. The average molecular weight is 154 g/mol. The summed E-state index contributed by atoms with van der Waals surface area (Å²) in [4.78, 5) is 10.7. The molecule has 1 fully saturated rings. The summed E-state index contributed by atoms with van der Waals surface area (Å²) in [5, 5.41) is 3.94. The molecule has 1 amide bonds. The zero-order valence-corrected chi connectivity index (χ0v) is 6.17. The quantitative estimate of drug-likeness (QED) is 0.573. The molecule has 2 aliphatic heterocycles. The van der Waals surface area contributed by atoms with Crippen molar-refractivity contribution in [2.45, 2.75) is 12.8 Å². The molecule has 0 spiro atoms. The standard InChI is InChI=1S/C7H10N2O2/c10-7-3-6(8-9-7)5-1-2-11-4-5/h5H,1-4H2,(H,9,10). The molecule has 0 radical (unpaired) electrons. The van der Waals surface area contributed by atoms with Gasteiger partial charge in [0.15, 0.2) is 0 Å². The minimum absolute atomic E-state index is 0.00639. The van der Waals surface area contributed by atoms with Crippen molar-refractivity contribution in [2.75, 3.05) is 13.2 Å². The van der Waals surface area contributed by atoms with Gasteiger partial charge in [0.05, 0.1) is 18.7 Å². The van der Waals surface area contributed by atoms with Crippen LogP contribution in [-0.2, 0) is 9.53 Å². The van der Waals surface area contributed by atoms with Gasteiger partial charge in [0.1, 0.15) is 0 Å². The highest BCUT2D eigenvalue weighted by atomic mass is 16.5. The van der Waals surface area contributed by atoms with Crippen LogP contribution in [-0.4, -0.2) is 24.8 Å². The van der Waals surface area contributed by atoms with Crippen molar-refractivity contribution < 1.29 is 9.53 Å². The number of hydrazone groups is 1. The molecule has 0 aromatic rings. The van der Waals surface area contributed by atoms with E-state index in [4.69, 9.17) is 4.74 Å². The van der Waals surface area contributed by atoms with Crippen LogP contribution in [0, 0.1) is 5.92 Å². The number of nitrogens with one attached hydrogen (secondary N) is 1. The number of ether oxygens (including phenoxy) is 1. The SMILES string of the molecule is O=C1CC(C2CCOC2)=NN1. The fraction of sp³-hybridized carbons (Fsp3) is 0.714. The number of carbonyl (C=O) groups is 1. The molecule has 4 nitrogen and oxygen atoms in total. The highest BCUT2D eigenvalue weighted by molar-refractivity contribution is 6.06. The molecule has 0 aromatic heterocycles. The second-order valence-corrected chi connectivity index (χ2v) is 2.88. The number of nitrogens with zero attached hydrogens (tertiary/aromatic N) is 1. The molecule has 0 aromatic carbocycles. The Morgan fingerprint density at radius 2 is 2.55 bits per heavy atom. The van der Waals surface area contributed by atoms with Gasteiger partial charge in [-0.25, -0.2) is 5.43 Å². The molecule has 60 valence electrons. The molecule has 2 aliphatic rings. The van der Waals surface area contributed by atoms with Crippen LogP contribution in [0.3, 0.4) is 0 Å². The van der Waals surface area contributed by atoms with Gasteiger partial charge in [-0.2, -0.15) is 5.10 Å². The van der Waals surface area contributed by atoms with Crippen molar-refractivity contribution in [1.29, 1.82) is 0 Å². The summed E-state index contributed by atoms with van der Waals surface area (Å²) in [6.45, 7) is 1.53. The Hall–Kier alpha value is -0.900. The summed E-state index contributed by atoms with van der Waals surface area (Å²) in [5.74, 6) is 0.390. The summed E-state index contributed by atoms with van der Waals surface area (Å²) in [6.07, 6.45) is 1.47. The van der Waals surface area contributed by atoms with Gasteiger partial charge in [0.2, 0.25) is 5.91 Å². The Bertz CT molecular complexity index is 206. The Balaban J connectivity index is 1.99. The predicted molar refractivity (Wildman–Crippen MR) is 39.1 cm³/mol. The number of amides is 1. The maximum atomic E-state index is 10.7. The number of carbonyl (C=O) groups excluding carboxylic acids is 1. The zero-order chi connectivity index (χ0) is 7.68. The van der Waals surface area contributed by atoms with Crippen LogP contribution in [0.5, 0.6) is 0 Å². The molecule has 1 atom stereocenters. The molecule has 0 aliphatic carbocycles. The van der Waals surface area contributed by atoms with E-state index in [2.05, 4.69) is 10.5 Å². The van der Waals surface area contributed by atoms with Crippen LogP contribution in [0.4, 0.5) is 0 Å². The molecule has 1 N–H and O–H groups in total. The summed E-state index contributed by atoms with van der Waals surface area (Å²) in [6, 6.07) is 0. The van der Waals surface area contributed by atoms with E-state index in [9.17, 15) is 4.79 Å². The highest BCUT2D eigenvalue weighted by Crippen LogP contribution is 2.17. The molecule has 4 heteroatoms. The Morgan fingerprint density at radius 3 is 3.09 bits per heavy atom. The monoisotopic (exact) mass is 154 g/mol. The average Bonchev–Trinajstić information content (AvgIpc) is 2.55. The second kappa shape index (κ2) is 2.62. The molecule has 2 heterocycles. The lowest BCUT2D eigenvalue weighted by molar-refractivity contribution is -0.119. The van der Waals surface area contributed by atoms with Crippen LogP contribution in [0.1, 0.15) is 12.8 Å². The van der Waals surface area contributed by atoms with E-state index in [0.717, 1.165) is 25.3 Å². The fourth-order valence-corrected chi connectivity index (χ4v) is 1.41. The van der Waals surface area contributed by atoms with E-state index >= 15 is 0 Å². The van der Waals surface area contributed by atoms with Crippen molar-refractivity contribution in [3.05, 3.63) is 0 Å². The van der Waals surface area contributed by atoms with Crippen LogP contribution >= 0.6 is 0 Å². The first-order valence-electron chi connectivity index (χ1n) is 3.79. The van der Waals surface area contributed by atoms with Gasteiger partial charge in [-0.05, 0) is 6.42 Å². The third-order valence-electron chi connectivity index (χ3n) is 2.07. The van der Waals surface area contributed by atoms with E-state index < -0.39 is 0 Å². The van der Waals surface area contributed by atoms with E-state index in [1.807, 2.05) is 0 Å². The van der Waals surface area contributed by atoms with Gasteiger partial charge in [-0.1, -0.05) is 0 Å². The topological polar surface area (TPSA) is 50.7 Å². The lowest BCUT2D eigenvalue weighted by Crippen LogP contribution is -2.14. The van der Waals surface area contributed by atoms with Crippen molar-refractivity contribution >= 4 is 11.6 Å². The highest BCUT2D eigenvalue weighted by Gasteiger charge is 2.26. The van der Waals surface area contributed by atoms with Crippen molar-refractivity contribution in [2.24, 2.45) is 11.0 Å². The van der Waals surface area contributed by atoms with Gasteiger partial charge < -0.3 is 4.74 Å². The zero-order valence-electron chi connectivity index (χ0n) is 6.17. The smallest absolute Gasteiger partial charge is 0.245 e. The fourth-order valence-electron chi connectivity index (χ4n) is 1.41. The second-order valence-electron chi connectivity index (χ2n) is 2.88. The predicted octanol–water partition coefficient (Wildman–Crippen LogP) is -0.101. The molecule has 1 unspecified atom stereocenters. The van der Waals surface area contributed by atoms with Crippen LogP contribution in [0.25, 0.3) is 0 Å². The van der Waals surface area contributed by atoms with Crippen molar-refractivity contribution in [1.82, 2.24) is 5.43 Å². The van der Waals surface area contributed by atoms with Crippen molar-refractivity contribution in [3.8, 4) is 0 Å². The first kappa shape index (κ1) is 6.79. The number of hydrogen-bond acceptors (Lipinski definition) is 3. The molecule has 11 heavy (non-hydrogen) atoms. The van der Waals surface area contributed by atoms with E-state index in [-0.39, 0.29) is 5.91 Å². The molecule has 2 rings (SSSR count). The first-order valence-corrected chi connectivity index (χ1v) is 3.79. The Kier molecular flexibility index (Phi) is 1.62. The molecule has 0 bridgehead atoms. The minimum Gasteiger partial charge on any atom is -0.381 e. The molecule has 1 saturated heterocycles. The third kappa shape index (κ3) is 1.26. The van der Waals surface area contributed by atoms with Gasteiger partial charge in [-0.15, -0.1) is 0 Å². The van der Waals surface area contributed by atoms with E-state index in [1.54, 1.807) is 0 Å². The van der Waals surface area contributed by atoms with Crippen molar-refractivity contribution in [3.63, 3.8) is 0 Å². The first-order chi connectivity index (χ1) is 5.36. The van der Waals surface area contributed by atoms with Crippen LogP contribution in [0.15, 0.2) is 5.10 Å². The number of hydrogen-bond donors (Lipinski definition) is 1. The summed E-state index contributed by atoms with van der Waals surface area (Å²) in [5.41, 5.74) is 3.41. The maximum Gasteiger partial charge on any atom is 0.245 e. The van der Waals surface area contributed by atoms with Crippen LogP contribution < -0.4 is 5.43 Å². The maximum absolute atomic E-state index is 10.7.